The zero-order chi connectivity index (χ0) is 11.8. The monoisotopic (exact) mass is 227 g/mol. The molecule has 1 aliphatic carbocycles. The lowest BCUT2D eigenvalue weighted by Gasteiger charge is -2.34. The smallest absolute Gasteiger partial charge is 0.0667 e. The van der Waals surface area contributed by atoms with E-state index in [0.717, 1.165) is 45.3 Å². The zero-order valence-corrected chi connectivity index (χ0v) is 10.5. The van der Waals surface area contributed by atoms with Crippen molar-refractivity contribution in [2.75, 3.05) is 19.6 Å². The minimum Gasteiger partial charge on any atom is -0.392 e. The predicted molar refractivity (Wildman–Crippen MR) is 64.2 cm³/mol. The van der Waals surface area contributed by atoms with E-state index in [2.05, 4.69) is 18.7 Å². The number of piperidine rings is 1. The van der Waals surface area contributed by atoms with Gasteiger partial charge in [-0.25, -0.2) is 0 Å². The Kier molecular flexibility index (Phi) is 3.57. The van der Waals surface area contributed by atoms with Gasteiger partial charge in [0.25, 0.3) is 0 Å². The van der Waals surface area contributed by atoms with Gasteiger partial charge in [0.05, 0.1) is 12.2 Å². The number of nitrogens with zero attached hydrogens (tertiary/aromatic N) is 1. The number of aliphatic hydroxyl groups is 2. The van der Waals surface area contributed by atoms with Crippen LogP contribution in [-0.4, -0.2) is 47.0 Å². The highest BCUT2D eigenvalue weighted by molar-refractivity contribution is 4.92. The summed E-state index contributed by atoms with van der Waals surface area (Å²) in [5, 5.41) is 19.8. The Morgan fingerprint density at radius 2 is 2.00 bits per heavy atom. The van der Waals surface area contributed by atoms with Gasteiger partial charge in [0.1, 0.15) is 0 Å². The van der Waals surface area contributed by atoms with Gasteiger partial charge in [-0.1, -0.05) is 13.8 Å². The second-order valence-electron chi connectivity index (χ2n) is 6.29. The molecule has 3 nitrogen and oxygen atoms in total. The van der Waals surface area contributed by atoms with Crippen LogP contribution in [0.3, 0.4) is 0 Å². The molecule has 2 fully saturated rings. The number of hydrogen-bond donors (Lipinski definition) is 2. The Morgan fingerprint density at radius 3 is 2.56 bits per heavy atom. The molecule has 0 aromatic heterocycles. The van der Waals surface area contributed by atoms with Crippen molar-refractivity contribution < 1.29 is 10.2 Å². The summed E-state index contributed by atoms with van der Waals surface area (Å²) in [5.74, 6) is 0.403. The fourth-order valence-electron chi connectivity index (χ4n) is 3.22. The fourth-order valence-corrected chi connectivity index (χ4v) is 3.22. The number of β-amino-alcohol motifs (C(OH)–C–C–N with tert-alkyl or cyclic N) is 1. The summed E-state index contributed by atoms with van der Waals surface area (Å²) in [6.07, 6.45) is 3.95. The van der Waals surface area contributed by atoms with Crippen molar-refractivity contribution in [3.63, 3.8) is 0 Å². The average molecular weight is 227 g/mol. The predicted octanol–water partition coefficient (Wildman–Crippen LogP) is 1.24. The summed E-state index contributed by atoms with van der Waals surface area (Å²) < 4.78 is 0. The summed E-state index contributed by atoms with van der Waals surface area (Å²) in [5.41, 5.74) is 0.0824. The third kappa shape index (κ3) is 2.58. The molecule has 2 rings (SSSR count). The maximum absolute atomic E-state index is 10.2. The number of rotatable bonds is 2. The van der Waals surface area contributed by atoms with Gasteiger partial charge >= 0.3 is 0 Å². The van der Waals surface area contributed by atoms with Crippen LogP contribution in [-0.2, 0) is 0 Å². The first kappa shape index (κ1) is 12.3. The lowest BCUT2D eigenvalue weighted by atomic mass is 9.87. The molecule has 3 atom stereocenters. The van der Waals surface area contributed by atoms with E-state index < -0.39 is 0 Å². The summed E-state index contributed by atoms with van der Waals surface area (Å²) in [7, 11) is 0. The largest absolute Gasteiger partial charge is 0.392 e. The molecule has 1 saturated heterocycles. The van der Waals surface area contributed by atoms with Crippen molar-refractivity contribution in [2.45, 2.75) is 51.7 Å². The molecule has 0 spiro atoms. The molecule has 16 heavy (non-hydrogen) atoms. The minimum absolute atomic E-state index is 0.0824. The third-order valence-corrected chi connectivity index (χ3v) is 4.38. The van der Waals surface area contributed by atoms with E-state index in [-0.39, 0.29) is 17.6 Å². The van der Waals surface area contributed by atoms with Crippen LogP contribution >= 0.6 is 0 Å². The number of hydrogen-bond acceptors (Lipinski definition) is 3. The van der Waals surface area contributed by atoms with Crippen LogP contribution < -0.4 is 0 Å². The summed E-state index contributed by atoms with van der Waals surface area (Å²) in [4.78, 5) is 2.32. The standard InChI is InChI=1S/C13H25NO2/c1-13(2)6-5-10(12(13)16)8-14-7-3-4-11(15)9-14/h10-12,15-16H,3-9H2,1-2H3. The van der Waals surface area contributed by atoms with Crippen molar-refractivity contribution >= 4 is 0 Å². The van der Waals surface area contributed by atoms with Crippen molar-refractivity contribution in [1.29, 1.82) is 0 Å². The van der Waals surface area contributed by atoms with Gasteiger partial charge in [0.2, 0.25) is 0 Å². The molecule has 2 N–H and O–H groups in total. The quantitative estimate of drug-likeness (QED) is 0.746. The summed E-state index contributed by atoms with van der Waals surface area (Å²) in [6.45, 7) is 7.15. The molecule has 0 bridgehead atoms. The van der Waals surface area contributed by atoms with Crippen LogP contribution in [0.1, 0.15) is 39.5 Å². The van der Waals surface area contributed by atoms with Crippen molar-refractivity contribution in [3.05, 3.63) is 0 Å². The van der Waals surface area contributed by atoms with E-state index in [4.69, 9.17) is 0 Å². The van der Waals surface area contributed by atoms with Gasteiger partial charge in [-0.2, -0.15) is 0 Å². The molecule has 0 amide bonds. The highest BCUT2D eigenvalue weighted by atomic mass is 16.3. The molecule has 1 saturated carbocycles. The lowest BCUT2D eigenvalue weighted by molar-refractivity contribution is 0.0139. The minimum atomic E-state index is -0.174. The van der Waals surface area contributed by atoms with Gasteiger partial charge in [-0.15, -0.1) is 0 Å². The first-order chi connectivity index (χ1) is 7.49. The molecular formula is C13H25NO2. The van der Waals surface area contributed by atoms with Crippen molar-refractivity contribution in [2.24, 2.45) is 11.3 Å². The molecule has 0 aromatic carbocycles. The van der Waals surface area contributed by atoms with E-state index in [1.807, 2.05) is 0 Å². The second-order valence-corrected chi connectivity index (χ2v) is 6.29. The summed E-state index contributed by atoms with van der Waals surface area (Å²) >= 11 is 0. The second kappa shape index (κ2) is 4.63. The Balaban J connectivity index is 1.86. The first-order valence-electron chi connectivity index (χ1n) is 6.57. The number of likely N-dealkylation sites (tertiary alicyclic amines) is 1. The van der Waals surface area contributed by atoms with Crippen LogP contribution in [0, 0.1) is 11.3 Å². The van der Waals surface area contributed by atoms with E-state index >= 15 is 0 Å². The molecule has 0 radical (unpaired) electrons. The molecule has 94 valence electrons. The lowest BCUT2D eigenvalue weighted by Crippen LogP contribution is -2.43. The highest BCUT2D eigenvalue weighted by Crippen LogP contribution is 2.41. The van der Waals surface area contributed by atoms with Crippen LogP contribution in [0.25, 0.3) is 0 Å². The maximum atomic E-state index is 10.2. The van der Waals surface area contributed by atoms with Crippen LogP contribution in [0.15, 0.2) is 0 Å². The Hall–Kier alpha value is -0.120. The van der Waals surface area contributed by atoms with Crippen LogP contribution in [0.4, 0.5) is 0 Å². The average Bonchev–Trinajstić information content (AvgIpc) is 2.45. The van der Waals surface area contributed by atoms with Gasteiger partial charge < -0.3 is 15.1 Å². The molecule has 1 heterocycles. The molecule has 1 aliphatic heterocycles. The first-order valence-corrected chi connectivity index (χ1v) is 6.57. The van der Waals surface area contributed by atoms with Gasteiger partial charge in [-0.05, 0) is 43.6 Å². The normalized spacial score (nSPS) is 40.1. The maximum Gasteiger partial charge on any atom is 0.0667 e. The number of aliphatic hydroxyl groups excluding tert-OH is 2. The van der Waals surface area contributed by atoms with Crippen molar-refractivity contribution in [3.8, 4) is 0 Å². The molecule has 2 aliphatic rings. The van der Waals surface area contributed by atoms with Gasteiger partial charge in [-0.3, -0.25) is 0 Å². The van der Waals surface area contributed by atoms with Crippen molar-refractivity contribution in [1.82, 2.24) is 4.90 Å². The third-order valence-electron chi connectivity index (χ3n) is 4.38. The van der Waals surface area contributed by atoms with E-state index in [1.54, 1.807) is 0 Å². The van der Waals surface area contributed by atoms with E-state index in [9.17, 15) is 10.2 Å². The molecular weight excluding hydrogens is 202 g/mol. The molecule has 3 heteroatoms. The fraction of sp³-hybridized carbons (Fsp3) is 1.00. The highest BCUT2D eigenvalue weighted by Gasteiger charge is 2.41. The summed E-state index contributed by atoms with van der Waals surface area (Å²) in [6, 6.07) is 0. The van der Waals surface area contributed by atoms with E-state index in [1.165, 1.54) is 0 Å². The SMILES string of the molecule is CC1(C)CCC(CN2CCCC(O)C2)C1O. The van der Waals surface area contributed by atoms with Gasteiger partial charge in [0.15, 0.2) is 0 Å². The Bertz CT molecular complexity index is 242. The van der Waals surface area contributed by atoms with Crippen LogP contribution in [0.5, 0.6) is 0 Å². The van der Waals surface area contributed by atoms with E-state index in [0.29, 0.717) is 5.92 Å². The van der Waals surface area contributed by atoms with Gasteiger partial charge in [0, 0.05) is 13.1 Å². The topological polar surface area (TPSA) is 43.7 Å². The Morgan fingerprint density at radius 1 is 1.25 bits per heavy atom. The zero-order valence-electron chi connectivity index (χ0n) is 10.5. The Labute approximate surface area is 98.5 Å². The molecule has 3 unspecified atom stereocenters. The molecule has 0 aromatic rings. The van der Waals surface area contributed by atoms with Crippen LogP contribution in [0.2, 0.25) is 0 Å².